The molecule has 0 spiro atoms. The van der Waals surface area contributed by atoms with Crippen LogP contribution < -0.4 is 0 Å². The molecule has 1 fully saturated rings. The number of benzene rings is 1. The zero-order chi connectivity index (χ0) is 9.42. The van der Waals surface area contributed by atoms with Gasteiger partial charge in [-0.15, -0.1) is 0 Å². The van der Waals surface area contributed by atoms with Gasteiger partial charge in [-0.25, -0.2) is 8.78 Å². The minimum absolute atomic E-state index is 0.0289. The molecule has 1 aromatic carbocycles. The van der Waals surface area contributed by atoms with E-state index in [0.29, 0.717) is 5.92 Å². The van der Waals surface area contributed by atoms with Crippen LogP contribution in [0.25, 0.3) is 0 Å². The minimum atomic E-state index is -0.403. The van der Waals surface area contributed by atoms with Crippen LogP contribution >= 0.6 is 0 Å². The van der Waals surface area contributed by atoms with E-state index in [1.54, 1.807) is 0 Å². The molecule has 1 aromatic rings. The van der Waals surface area contributed by atoms with Gasteiger partial charge in [0.25, 0.3) is 0 Å². The molecule has 13 heavy (non-hydrogen) atoms. The first-order valence-corrected chi connectivity index (χ1v) is 4.64. The molecule has 1 unspecified atom stereocenters. The molecule has 0 heterocycles. The summed E-state index contributed by atoms with van der Waals surface area (Å²) < 4.78 is 26.5. The van der Waals surface area contributed by atoms with E-state index < -0.39 is 11.6 Å². The van der Waals surface area contributed by atoms with Gasteiger partial charge in [-0.05, 0) is 36.8 Å². The lowest BCUT2D eigenvalue weighted by molar-refractivity contribution is 0.513. The van der Waals surface area contributed by atoms with Crippen molar-refractivity contribution in [2.24, 2.45) is 5.92 Å². The Labute approximate surface area is 76.6 Å². The van der Waals surface area contributed by atoms with Crippen LogP contribution in [-0.4, -0.2) is 0 Å². The van der Waals surface area contributed by atoms with E-state index in [4.69, 9.17) is 0 Å². The van der Waals surface area contributed by atoms with Crippen molar-refractivity contribution in [1.29, 1.82) is 0 Å². The first kappa shape index (κ1) is 8.67. The highest BCUT2D eigenvalue weighted by Gasteiger charge is 2.31. The second-order valence-electron chi connectivity index (χ2n) is 3.76. The maximum atomic E-state index is 13.2. The highest BCUT2D eigenvalue weighted by molar-refractivity contribution is 5.24. The smallest absolute Gasteiger partial charge is 0.129 e. The van der Waals surface area contributed by atoms with E-state index >= 15 is 0 Å². The molecule has 1 aliphatic carbocycles. The Morgan fingerprint density at radius 3 is 2.23 bits per heavy atom. The molecule has 0 nitrogen and oxygen atoms in total. The van der Waals surface area contributed by atoms with E-state index in [-0.39, 0.29) is 11.5 Å². The van der Waals surface area contributed by atoms with Crippen LogP contribution in [0.2, 0.25) is 0 Å². The Morgan fingerprint density at radius 1 is 1.23 bits per heavy atom. The van der Waals surface area contributed by atoms with Gasteiger partial charge in [-0.3, -0.25) is 0 Å². The summed E-state index contributed by atoms with van der Waals surface area (Å²) in [5.74, 6) is -0.286. The van der Waals surface area contributed by atoms with Gasteiger partial charge in [0, 0.05) is 5.56 Å². The van der Waals surface area contributed by atoms with Crippen LogP contribution in [0.3, 0.4) is 0 Å². The molecule has 1 aliphatic rings. The van der Waals surface area contributed by atoms with Crippen molar-refractivity contribution >= 4 is 0 Å². The zero-order valence-corrected chi connectivity index (χ0v) is 7.56. The van der Waals surface area contributed by atoms with Crippen molar-refractivity contribution in [3.05, 3.63) is 35.4 Å². The van der Waals surface area contributed by atoms with E-state index in [0.717, 1.165) is 12.8 Å². The fourth-order valence-corrected chi connectivity index (χ4v) is 1.78. The third-order valence-corrected chi connectivity index (χ3v) is 2.78. The van der Waals surface area contributed by atoms with Crippen LogP contribution in [-0.2, 0) is 0 Å². The molecule has 0 bridgehead atoms. The molecule has 0 radical (unpaired) electrons. The van der Waals surface area contributed by atoms with Crippen molar-refractivity contribution in [3.63, 3.8) is 0 Å². The maximum Gasteiger partial charge on any atom is 0.129 e. The summed E-state index contributed by atoms with van der Waals surface area (Å²) in [4.78, 5) is 0. The lowest BCUT2D eigenvalue weighted by Crippen LogP contribution is -2.02. The molecule has 1 saturated carbocycles. The average molecular weight is 182 g/mol. The van der Waals surface area contributed by atoms with Gasteiger partial charge in [-0.1, -0.05) is 13.0 Å². The average Bonchev–Trinajstić information content (AvgIpc) is 2.85. The molecule has 1 atom stereocenters. The Morgan fingerprint density at radius 2 is 1.77 bits per heavy atom. The largest absolute Gasteiger partial charge is 0.207 e. The highest BCUT2D eigenvalue weighted by Crippen LogP contribution is 2.43. The van der Waals surface area contributed by atoms with Gasteiger partial charge in [0.05, 0.1) is 0 Å². The molecule has 0 saturated heterocycles. The van der Waals surface area contributed by atoms with Crippen molar-refractivity contribution in [1.82, 2.24) is 0 Å². The van der Waals surface area contributed by atoms with Crippen LogP contribution in [0, 0.1) is 17.6 Å². The maximum absolute atomic E-state index is 13.2. The van der Waals surface area contributed by atoms with Crippen LogP contribution in [0.5, 0.6) is 0 Å². The molecular weight excluding hydrogens is 170 g/mol. The molecule has 0 aromatic heterocycles. The van der Waals surface area contributed by atoms with E-state index in [2.05, 4.69) is 0 Å². The number of rotatable bonds is 2. The molecule has 2 heteroatoms. The quantitative estimate of drug-likeness (QED) is 0.656. The van der Waals surface area contributed by atoms with E-state index in [1.165, 1.54) is 18.2 Å². The van der Waals surface area contributed by atoms with Crippen molar-refractivity contribution in [3.8, 4) is 0 Å². The predicted molar refractivity (Wildman–Crippen MR) is 47.5 cm³/mol. The van der Waals surface area contributed by atoms with Crippen molar-refractivity contribution < 1.29 is 8.78 Å². The van der Waals surface area contributed by atoms with Crippen molar-refractivity contribution in [2.75, 3.05) is 0 Å². The summed E-state index contributed by atoms with van der Waals surface area (Å²) in [5, 5.41) is 0. The molecule has 70 valence electrons. The summed E-state index contributed by atoms with van der Waals surface area (Å²) in [6.45, 7) is 1.90. The molecule has 2 rings (SSSR count). The number of hydrogen-bond acceptors (Lipinski definition) is 0. The van der Waals surface area contributed by atoms with Crippen molar-refractivity contribution in [2.45, 2.75) is 25.7 Å². The molecular formula is C11H12F2. The zero-order valence-electron chi connectivity index (χ0n) is 7.56. The molecule has 0 N–H and O–H groups in total. The van der Waals surface area contributed by atoms with Crippen LogP contribution in [0.15, 0.2) is 18.2 Å². The minimum Gasteiger partial charge on any atom is -0.207 e. The topological polar surface area (TPSA) is 0 Å². The van der Waals surface area contributed by atoms with Gasteiger partial charge < -0.3 is 0 Å². The lowest BCUT2D eigenvalue weighted by atomic mass is 9.95. The van der Waals surface area contributed by atoms with Crippen LogP contribution in [0.4, 0.5) is 8.78 Å². The summed E-state index contributed by atoms with van der Waals surface area (Å²) >= 11 is 0. The van der Waals surface area contributed by atoms with E-state index in [1.807, 2.05) is 6.92 Å². The Kier molecular flexibility index (Phi) is 2.06. The summed E-state index contributed by atoms with van der Waals surface area (Å²) in [7, 11) is 0. The standard InChI is InChI=1S/C11H12F2/c1-7(8-5-6-8)11-9(12)3-2-4-10(11)13/h2-4,7-8H,5-6H2,1H3. The summed E-state index contributed by atoms with van der Waals surface area (Å²) in [5.41, 5.74) is 0.269. The van der Waals surface area contributed by atoms with Gasteiger partial charge in [0.2, 0.25) is 0 Å². The monoisotopic (exact) mass is 182 g/mol. The summed E-state index contributed by atoms with van der Waals surface area (Å²) in [6, 6.07) is 4.07. The molecule has 0 aliphatic heterocycles. The first-order chi connectivity index (χ1) is 6.20. The van der Waals surface area contributed by atoms with Gasteiger partial charge in [-0.2, -0.15) is 0 Å². The van der Waals surface area contributed by atoms with E-state index in [9.17, 15) is 8.78 Å². The Balaban J connectivity index is 2.36. The third kappa shape index (κ3) is 1.58. The lowest BCUT2D eigenvalue weighted by Gasteiger charge is -2.12. The number of hydrogen-bond donors (Lipinski definition) is 0. The van der Waals surface area contributed by atoms with Gasteiger partial charge >= 0.3 is 0 Å². The van der Waals surface area contributed by atoms with Gasteiger partial charge in [0.15, 0.2) is 0 Å². The van der Waals surface area contributed by atoms with Crippen LogP contribution in [0.1, 0.15) is 31.2 Å². The SMILES string of the molecule is CC(c1c(F)cccc1F)C1CC1. The summed E-state index contributed by atoms with van der Waals surface area (Å²) in [6.07, 6.45) is 2.21. The second-order valence-corrected chi connectivity index (χ2v) is 3.76. The first-order valence-electron chi connectivity index (χ1n) is 4.64. The second kappa shape index (κ2) is 3.09. The fraction of sp³-hybridized carbons (Fsp3) is 0.455. The van der Waals surface area contributed by atoms with Gasteiger partial charge in [0.1, 0.15) is 11.6 Å². The molecule has 0 amide bonds. The third-order valence-electron chi connectivity index (χ3n) is 2.78. The Bertz CT molecular complexity index is 296. The predicted octanol–water partition coefficient (Wildman–Crippen LogP) is 3.48. The Hall–Kier alpha value is -0.920. The fourth-order valence-electron chi connectivity index (χ4n) is 1.78. The highest BCUT2D eigenvalue weighted by atomic mass is 19.1. The normalized spacial score (nSPS) is 18.7. The number of halogens is 2.